The van der Waals surface area contributed by atoms with Crippen molar-refractivity contribution in [3.8, 4) is 0 Å². The zero-order valence-electron chi connectivity index (χ0n) is 14.1. The summed E-state index contributed by atoms with van der Waals surface area (Å²) in [5, 5.41) is 5.30. The van der Waals surface area contributed by atoms with E-state index in [1.807, 2.05) is 43.3 Å². The summed E-state index contributed by atoms with van der Waals surface area (Å²) in [5.74, 6) is 1.95. The van der Waals surface area contributed by atoms with Crippen LogP contribution in [-0.4, -0.2) is 34.1 Å². The second-order valence-corrected chi connectivity index (χ2v) is 6.87. The van der Waals surface area contributed by atoms with Crippen LogP contribution in [0, 0.1) is 6.92 Å². The lowest BCUT2D eigenvalue weighted by atomic mass is 10.0. The number of anilines is 2. The minimum Gasteiger partial charge on any atom is -0.367 e. The van der Waals surface area contributed by atoms with Gasteiger partial charge in [-0.2, -0.15) is 0 Å². The average Bonchev–Trinajstić information content (AvgIpc) is 2.62. The van der Waals surface area contributed by atoms with Gasteiger partial charge in [-0.15, -0.1) is 0 Å². The normalized spacial score (nSPS) is 15.5. The van der Waals surface area contributed by atoms with Crippen molar-refractivity contribution in [2.45, 2.75) is 25.8 Å². The van der Waals surface area contributed by atoms with E-state index >= 15 is 0 Å². The molecule has 1 aliphatic heterocycles. The van der Waals surface area contributed by atoms with Gasteiger partial charge in [0, 0.05) is 35.2 Å². The summed E-state index contributed by atoms with van der Waals surface area (Å²) >= 11 is 6.08. The van der Waals surface area contributed by atoms with E-state index in [0.29, 0.717) is 11.1 Å². The predicted molar refractivity (Wildman–Crippen MR) is 102 cm³/mol. The molecular weight excluding hydrogens is 334 g/mol. The Kier molecular flexibility index (Phi) is 4.40. The first kappa shape index (κ1) is 16.1. The molecule has 4 rings (SSSR count). The number of hydrogen-bond donors (Lipinski definition) is 1. The van der Waals surface area contributed by atoms with E-state index in [-0.39, 0.29) is 0 Å². The molecule has 1 fully saturated rings. The van der Waals surface area contributed by atoms with E-state index in [4.69, 9.17) is 11.6 Å². The van der Waals surface area contributed by atoms with Gasteiger partial charge in [0.2, 0.25) is 0 Å². The summed E-state index contributed by atoms with van der Waals surface area (Å²) in [6, 6.07) is 12.3. The maximum absolute atomic E-state index is 6.08. The summed E-state index contributed by atoms with van der Waals surface area (Å²) < 4.78 is 0. The molecule has 6 heteroatoms. The highest BCUT2D eigenvalue weighted by Gasteiger charge is 2.21. The van der Waals surface area contributed by atoms with Crippen LogP contribution < -0.4 is 10.2 Å². The summed E-state index contributed by atoms with van der Waals surface area (Å²) in [5.41, 5.74) is 1.93. The molecule has 5 nitrogen and oxygen atoms in total. The fourth-order valence-corrected chi connectivity index (χ4v) is 3.50. The van der Waals surface area contributed by atoms with Crippen molar-refractivity contribution < 1.29 is 0 Å². The minimum absolute atomic E-state index is 0.438. The molecule has 0 aliphatic carbocycles. The number of nitrogens with zero attached hydrogens (tertiary/aromatic N) is 4. The van der Waals surface area contributed by atoms with Crippen molar-refractivity contribution in [3.05, 3.63) is 53.4 Å². The molecule has 0 amide bonds. The maximum Gasteiger partial charge on any atom is 0.139 e. The molecule has 3 heterocycles. The third-order valence-corrected chi connectivity index (χ3v) is 4.85. The fraction of sp³-hybridized carbons (Fsp3) is 0.316. The molecule has 1 aromatic carbocycles. The lowest BCUT2D eigenvalue weighted by molar-refractivity contribution is 0.523. The quantitative estimate of drug-likeness (QED) is 0.769. The van der Waals surface area contributed by atoms with E-state index in [1.54, 1.807) is 6.33 Å². The van der Waals surface area contributed by atoms with Crippen molar-refractivity contribution >= 4 is 34.1 Å². The van der Waals surface area contributed by atoms with Gasteiger partial charge < -0.3 is 10.2 Å². The summed E-state index contributed by atoms with van der Waals surface area (Å²) in [6.45, 7) is 3.93. The predicted octanol–water partition coefficient (Wildman–Crippen LogP) is 4.07. The molecule has 0 saturated carbocycles. The SMILES string of the molecule is Cc1cccc(NC2CCN(c3ncnc4cc(Cl)ccc34)CC2)n1. The van der Waals surface area contributed by atoms with Crippen LogP contribution in [0.25, 0.3) is 10.9 Å². The highest BCUT2D eigenvalue weighted by molar-refractivity contribution is 6.31. The third-order valence-electron chi connectivity index (χ3n) is 4.61. The smallest absolute Gasteiger partial charge is 0.139 e. The maximum atomic E-state index is 6.08. The van der Waals surface area contributed by atoms with Crippen molar-refractivity contribution in [2.24, 2.45) is 0 Å². The van der Waals surface area contributed by atoms with Gasteiger partial charge in [-0.25, -0.2) is 15.0 Å². The molecule has 1 saturated heterocycles. The first-order chi connectivity index (χ1) is 12.2. The number of benzene rings is 1. The summed E-state index contributed by atoms with van der Waals surface area (Å²) in [4.78, 5) is 15.7. The Balaban J connectivity index is 1.47. The minimum atomic E-state index is 0.438. The van der Waals surface area contributed by atoms with Gasteiger partial charge in [0.25, 0.3) is 0 Å². The van der Waals surface area contributed by atoms with Crippen LogP contribution in [-0.2, 0) is 0 Å². The number of halogens is 1. The van der Waals surface area contributed by atoms with Gasteiger partial charge >= 0.3 is 0 Å². The van der Waals surface area contributed by atoms with Crippen molar-refractivity contribution in [1.82, 2.24) is 15.0 Å². The second-order valence-electron chi connectivity index (χ2n) is 6.43. The Labute approximate surface area is 152 Å². The topological polar surface area (TPSA) is 53.9 Å². The van der Waals surface area contributed by atoms with Crippen LogP contribution in [0.15, 0.2) is 42.7 Å². The highest BCUT2D eigenvalue weighted by atomic mass is 35.5. The van der Waals surface area contributed by atoms with Crippen molar-refractivity contribution in [3.63, 3.8) is 0 Å². The van der Waals surface area contributed by atoms with Crippen LogP contribution >= 0.6 is 11.6 Å². The fourth-order valence-electron chi connectivity index (χ4n) is 3.34. The van der Waals surface area contributed by atoms with Gasteiger partial charge in [-0.05, 0) is 50.1 Å². The van der Waals surface area contributed by atoms with Gasteiger partial charge in [0.1, 0.15) is 18.0 Å². The highest BCUT2D eigenvalue weighted by Crippen LogP contribution is 2.28. The Morgan fingerprint density at radius 2 is 1.96 bits per heavy atom. The number of hydrogen-bond acceptors (Lipinski definition) is 5. The van der Waals surface area contributed by atoms with E-state index in [9.17, 15) is 0 Å². The Morgan fingerprint density at radius 1 is 1.12 bits per heavy atom. The Hall–Kier alpha value is -2.40. The van der Waals surface area contributed by atoms with Gasteiger partial charge in [0.05, 0.1) is 5.52 Å². The molecule has 0 unspecified atom stereocenters. The molecular formula is C19H20ClN5. The number of piperidine rings is 1. The number of aryl methyl sites for hydroxylation is 1. The van der Waals surface area contributed by atoms with Crippen LogP contribution in [0.1, 0.15) is 18.5 Å². The molecule has 0 bridgehead atoms. The summed E-state index contributed by atoms with van der Waals surface area (Å²) in [6.07, 6.45) is 3.72. The van der Waals surface area contributed by atoms with Gasteiger partial charge in [-0.3, -0.25) is 0 Å². The van der Waals surface area contributed by atoms with Crippen LogP contribution in [0.5, 0.6) is 0 Å². The summed E-state index contributed by atoms with van der Waals surface area (Å²) in [7, 11) is 0. The Bertz CT molecular complexity index is 890. The monoisotopic (exact) mass is 353 g/mol. The second kappa shape index (κ2) is 6.84. The molecule has 2 aromatic heterocycles. The van der Waals surface area contributed by atoms with E-state index < -0.39 is 0 Å². The third kappa shape index (κ3) is 3.51. The number of rotatable bonds is 3. The van der Waals surface area contributed by atoms with E-state index in [0.717, 1.165) is 54.2 Å². The average molecular weight is 354 g/mol. The molecule has 25 heavy (non-hydrogen) atoms. The standard InChI is InChI=1S/C19H20ClN5/c1-13-3-2-4-18(23-13)24-15-7-9-25(10-8-15)19-16-6-5-14(20)11-17(16)21-12-22-19/h2-6,11-12,15H,7-10H2,1H3,(H,23,24). The van der Waals surface area contributed by atoms with Crippen LogP contribution in [0.4, 0.5) is 11.6 Å². The number of nitrogens with one attached hydrogen (secondary N) is 1. The van der Waals surface area contributed by atoms with E-state index in [1.165, 1.54) is 0 Å². The van der Waals surface area contributed by atoms with E-state index in [2.05, 4.69) is 25.2 Å². The molecule has 0 atom stereocenters. The number of fused-ring (bicyclic) bond motifs is 1. The molecule has 0 radical (unpaired) electrons. The zero-order valence-corrected chi connectivity index (χ0v) is 14.9. The molecule has 3 aromatic rings. The first-order valence-corrected chi connectivity index (χ1v) is 8.92. The van der Waals surface area contributed by atoms with Gasteiger partial charge in [0.15, 0.2) is 0 Å². The lowest BCUT2D eigenvalue weighted by Gasteiger charge is -2.33. The molecule has 0 spiro atoms. The van der Waals surface area contributed by atoms with Crippen molar-refractivity contribution in [1.29, 1.82) is 0 Å². The largest absolute Gasteiger partial charge is 0.367 e. The van der Waals surface area contributed by atoms with Gasteiger partial charge in [-0.1, -0.05) is 17.7 Å². The van der Waals surface area contributed by atoms with Crippen LogP contribution in [0.3, 0.4) is 0 Å². The van der Waals surface area contributed by atoms with Crippen LogP contribution in [0.2, 0.25) is 5.02 Å². The number of aromatic nitrogens is 3. The zero-order chi connectivity index (χ0) is 17.2. The number of pyridine rings is 1. The molecule has 1 aliphatic rings. The Morgan fingerprint density at radius 3 is 2.76 bits per heavy atom. The molecule has 128 valence electrons. The molecule has 1 N–H and O–H groups in total. The van der Waals surface area contributed by atoms with Crippen molar-refractivity contribution in [2.75, 3.05) is 23.3 Å². The lowest BCUT2D eigenvalue weighted by Crippen LogP contribution is -2.39. The first-order valence-electron chi connectivity index (χ1n) is 8.54.